The molecule has 0 radical (unpaired) electrons. The first-order chi connectivity index (χ1) is 7.71. The molecule has 0 spiro atoms. The second-order valence-corrected chi connectivity index (χ2v) is 5.26. The van der Waals surface area contributed by atoms with E-state index in [9.17, 15) is 0 Å². The van der Waals surface area contributed by atoms with Crippen LogP contribution in [0.1, 0.15) is 59.8 Å². The molecule has 2 fully saturated rings. The van der Waals surface area contributed by atoms with Crippen LogP contribution in [0.25, 0.3) is 0 Å². The van der Waals surface area contributed by atoms with Crippen LogP contribution in [-0.4, -0.2) is 26.2 Å². The molecule has 2 aliphatic rings. The van der Waals surface area contributed by atoms with Crippen LogP contribution in [0.4, 0.5) is 0 Å². The van der Waals surface area contributed by atoms with Gasteiger partial charge in [-0.25, -0.2) is 0 Å². The van der Waals surface area contributed by atoms with Crippen LogP contribution in [0.2, 0.25) is 0 Å². The van der Waals surface area contributed by atoms with E-state index in [1.807, 2.05) is 13.8 Å². The molecule has 0 amide bonds. The highest BCUT2D eigenvalue weighted by Gasteiger charge is 2.18. The van der Waals surface area contributed by atoms with Crippen molar-refractivity contribution in [1.29, 1.82) is 0 Å². The zero-order valence-electron chi connectivity index (χ0n) is 11.9. The van der Waals surface area contributed by atoms with Gasteiger partial charge in [0, 0.05) is 6.54 Å². The molecule has 98 valence electrons. The lowest BCUT2D eigenvalue weighted by Gasteiger charge is -2.21. The monoisotopic (exact) mass is 228 g/mol. The summed E-state index contributed by atoms with van der Waals surface area (Å²) in [5.74, 6) is 0. The van der Waals surface area contributed by atoms with E-state index in [2.05, 4.69) is 24.5 Å². The zero-order chi connectivity index (χ0) is 12.3. The summed E-state index contributed by atoms with van der Waals surface area (Å²) >= 11 is 0. The van der Waals surface area contributed by atoms with Gasteiger partial charge in [0.05, 0.1) is 0 Å². The largest absolute Gasteiger partial charge is 0.317 e. The van der Waals surface area contributed by atoms with Crippen LogP contribution in [0, 0.1) is 5.41 Å². The van der Waals surface area contributed by atoms with E-state index >= 15 is 0 Å². The molecule has 2 aliphatic heterocycles. The minimum Gasteiger partial charge on any atom is -0.317 e. The predicted molar refractivity (Wildman–Crippen MR) is 74.0 cm³/mol. The normalized spacial score (nSPS) is 23.2. The molecular weight excluding hydrogens is 196 g/mol. The third-order valence-corrected chi connectivity index (χ3v) is 3.02. The molecule has 0 aromatic heterocycles. The minimum atomic E-state index is 0.552. The Morgan fingerprint density at radius 3 is 1.75 bits per heavy atom. The molecule has 0 saturated carbocycles. The second kappa shape index (κ2) is 10.1. The van der Waals surface area contributed by atoms with Gasteiger partial charge in [0.1, 0.15) is 0 Å². The van der Waals surface area contributed by atoms with Crippen molar-refractivity contribution in [3.8, 4) is 0 Å². The molecule has 2 heterocycles. The summed E-state index contributed by atoms with van der Waals surface area (Å²) < 4.78 is 0. The van der Waals surface area contributed by atoms with Crippen molar-refractivity contribution in [2.45, 2.75) is 59.8 Å². The molecule has 2 rings (SSSR count). The van der Waals surface area contributed by atoms with E-state index in [1.54, 1.807) is 0 Å². The molecule has 0 aromatic carbocycles. The van der Waals surface area contributed by atoms with Gasteiger partial charge >= 0.3 is 0 Å². The lowest BCUT2D eigenvalue weighted by molar-refractivity contribution is 0.335. The topological polar surface area (TPSA) is 24.1 Å². The van der Waals surface area contributed by atoms with Crippen molar-refractivity contribution in [3.05, 3.63) is 0 Å². The molecule has 2 nitrogen and oxygen atoms in total. The van der Waals surface area contributed by atoms with Crippen molar-refractivity contribution >= 4 is 0 Å². The van der Waals surface area contributed by atoms with E-state index in [0.717, 1.165) is 0 Å². The van der Waals surface area contributed by atoms with Crippen molar-refractivity contribution < 1.29 is 0 Å². The van der Waals surface area contributed by atoms with Crippen molar-refractivity contribution in [2.75, 3.05) is 26.2 Å². The highest BCUT2D eigenvalue weighted by molar-refractivity contribution is 4.74. The summed E-state index contributed by atoms with van der Waals surface area (Å²) in [6, 6.07) is 0. The summed E-state index contributed by atoms with van der Waals surface area (Å²) in [4.78, 5) is 0. The smallest absolute Gasteiger partial charge is 0.000252 e. The first-order valence-electron chi connectivity index (χ1n) is 7.12. The average Bonchev–Trinajstić information content (AvgIpc) is 2.79. The molecule has 0 aromatic rings. The third-order valence-electron chi connectivity index (χ3n) is 3.02. The fourth-order valence-corrected chi connectivity index (χ4v) is 1.99. The number of rotatable bonds is 0. The van der Waals surface area contributed by atoms with Crippen LogP contribution in [0.3, 0.4) is 0 Å². The van der Waals surface area contributed by atoms with E-state index in [-0.39, 0.29) is 0 Å². The van der Waals surface area contributed by atoms with E-state index in [1.165, 1.54) is 58.3 Å². The molecule has 0 aliphatic carbocycles. The van der Waals surface area contributed by atoms with Crippen LogP contribution in [0.5, 0.6) is 0 Å². The predicted octanol–water partition coefficient (Wildman–Crippen LogP) is 3.18. The highest BCUT2D eigenvalue weighted by atomic mass is 14.9. The van der Waals surface area contributed by atoms with E-state index in [4.69, 9.17) is 0 Å². The summed E-state index contributed by atoms with van der Waals surface area (Å²) in [6.07, 6.45) is 6.93. The van der Waals surface area contributed by atoms with Gasteiger partial charge in [0.2, 0.25) is 0 Å². The fraction of sp³-hybridized carbons (Fsp3) is 1.00. The highest BCUT2D eigenvalue weighted by Crippen LogP contribution is 2.23. The van der Waals surface area contributed by atoms with Gasteiger partial charge < -0.3 is 10.6 Å². The average molecular weight is 228 g/mol. The van der Waals surface area contributed by atoms with Crippen LogP contribution in [-0.2, 0) is 0 Å². The molecule has 0 unspecified atom stereocenters. The Morgan fingerprint density at radius 1 is 0.750 bits per heavy atom. The maximum Gasteiger partial charge on any atom is 0.000252 e. The lowest BCUT2D eigenvalue weighted by Crippen LogP contribution is -2.26. The molecular formula is C14H32N2. The molecule has 0 bridgehead atoms. The molecule has 2 heteroatoms. The van der Waals surface area contributed by atoms with Gasteiger partial charge in [-0.05, 0) is 50.7 Å². The van der Waals surface area contributed by atoms with E-state index in [0.29, 0.717) is 5.41 Å². The van der Waals surface area contributed by atoms with E-state index < -0.39 is 0 Å². The Morgan fingerprint density at radius 2 is 1.25 bits per heavy atom. The maximum atomic E-state index is 3.44. The molecule has 2 saturated heterocycles. The fourth-order valence-electron chi connectivity index (χ4n) is 1.99. The van der Waals surface area contributed by atoms with Crippen molar-refractivity contribution in [3.63, 3.8) is 0 Å². The number of hydrogen-bond acceptors (Lipinski definition) is 2. The molecule has 0 atom stereocenters. The maximum absolute atomic E-state index is 3.44. The third kappa shape index (κ3) is 9.17. The number of hydrogen-bond donors (Lipinski definition) is 2. The van der Waals surface area contributed by atoms with Gasteiger partial charge in [-0.2, -0.15) is 0 Å². The van der Waals surface area contributed by atoms with Crippen molar-refractivity contribution in [2.24, 2.45) is 5.41 Å². The summed E-state index contributed by atoms with van der Waals surface area (Å²) in [5, 5.41) is 6.66. The summed E-state index contributed by atoms with van der Waals surface area (Å²) in [6.45, 7) is 13.6. The Labute approximate surface area is 103 Å². The minimum absolute atomic E-state index is 0.552. The lowest BCUT2D eigenvalue weighted by atomic mass is 9.88. The Hall–Kier alpha value is -0.0800. The zero-order valence-corrected chi connectivity index (χ0v) is 11.9. The molecule has 2 N–H and O–H groups in total. The standard InChI is InChI=1S/C8H17N.C4H9N.C2H6/c1-8(2)5-3-4-6-9-7-8;1-2-4-5-3-1;1-2/h9H,3-7H2,1-2H3;5H,1-4H2;1-2H3. The van der Waals surface area contributed by atoms with Crippen LogP contribution in [0.15, 0.2) is 0 Å². The summed E-state index contributed by atoms with van der Waals surface area (Å²) in [7, 11) is 0. The SMILES string of the molecule is C1CCNC1.CC.CC1(C)CCCCNC1. The Bertz CT molecular complexity index is 122. The van der Waals surface area contributed by atoms with Gasteiger partial charge in [0.15, 0.2) is 0 Å². The van der Waals surface area contributed by atoms with Gasteiger partial charge in [-0.15, -0.1) is 0 Å². The van der Waals surface area contributed by atoms with Crippen LogP contribution >= 0.6 is 0 Å². The summed E-state index contributed by atoms with van der Waals surface area (Å²) in [5.41, 5.74) is 0.552. The first-order valence-corrected chi connectivity index (χ1v) is 7.12. The van der Waals surface area contributed by atoms with Gasteiger partial charge in [-0.1, -0.05) is 34.1 Å². The first kappa shape index (κ1) is 15.9. The Balaban J connectivity index is 0.000000272. The molecule has 16 heavy (non-hydrogen) atoms. The quantitative estimate of drug-likeness (QED) is 0.665. The van der Waals surface area contributed by atoms with Crippen LogP contribution < -0.4 is 10.6 Å². The van der Waals surface area contributed by atoms with Gasteiger partial charge in [-0.3, -0.25) is 0 Å². The Kier molecular flexibility index (Phi) is 10.0. The van der Waals surface area contributed by atoms with Gasteiger partial charge in [0.25, 0.3) is 0 Å². The van der Waals surface area contributed by atoms with Crippen molar-refractivity contribution in [1.82, 2.24) is 10.6 Å². The number of nitrogens with one attached hydrogen (secondary N) is 2. The second-order valence-electron chi connectivity index (χ2n) is 5.26.